The molecule has 2 N–H and O–H groups in total. The Morgan fingerprint density at radius 2 is 1.61 bits per heavy atom. The fourth-order valence-corrected chi connectivity index (χ4v) is 5.02. The molecule has 9 nitrogen and oxygen atoms in total. The van der Waals surface area contributed by atoms with Crippen LogP contribution in [0.25, 0.3) is 0 Å². The molecule has 1 aliphatic rings. The van der Waals surface area contributed by atoms with E-state index in [1.807, 2.05) is 47.4 Å². The van der Waals surface area contributed by atoms with E-state index in [1.165, 1.54) is 23.4 Å². The molecule has 0 aliphatic carbocycles. The maximum Gasteiger partial charge on any atom is 0.243 e. The van der Waals surface area contributed by atoms with Crippen molar-refractivity contribution in [2.75, 3.05) is 41.7 Å². The number of hydrogen-bond acceptors (Lipinski definition) is 7. The third-order valence-corrected chi connectivity index (χ3v) is 7.25. The second-order valence-electron chi connectivity index (χ2n) is 7.71. The lowest BCUT2D eigenvalue weighted by molar-refractivity contribution is -0.114. The summed E-state index contributed by atoms with van der Waals surface area (Å²) in [6.45, 7) is 3.82. The Balaban J connectivity index is 1.33. The highest BCUT2D eigenvalue weighted by atomic mass is 32.2. The zero-order valence-electron chi connectivity index (χ0n) is 18.3. The van der Waals surface area contributed by atoms with E-state index in [0.29, 0.717) is 44.2 Å². The quantitative estimate of drug-likeness (QED) is 0.551. The molecular formula is C23H26N6O3S. The molecule has 4 rings (SSSR count). The fraction of sp³-hybridized carbons (Fsp3) is 0.261. The number of piperazine rings is 1. The lowest BCUT2D eigenvalue weighted by atomic mass is 10.2. The van der Waals surface area contributed by atoms with Crippen molar-refractivity contribution < 1.29 is 13.2 Å². The molecule has 1 amide bonds. The van der Waals surface area contributed by atoms with Crippen LogP contribution in [0, 0.1) is 0 Å². The first-order valence-electron chi connectivity index (χ1n) is 10.7. The first kappa shape index (κ1) is 22.7. The molecule has 1 saturated heterocycles. The van der Waals surface area contributed by atoms with Gasteiger partial charge in [0.1, 0.15) is 5.82 Å². The minimum absolute atomic E-state index is 0.204. The zero-order chi connectivity index (χ0) is 23.3. The summed E-state index contributed by atoms with van der Waals surface area (Å²) in [6, 6.07) is 20.0. The Morgan fingerprint density at radius 1 is 0.909 bits per heavy atom. The summed E-state index contributed by atoms with van der Waals surface area (Å²) in [5, 5.41) is 14.4. The van der Waals surface area contributed by atoms with E-state index in [-0.39, 0.29) is 10.8 Å². The summed E-state index contributed by atoms with van der Waals surface area (Å²) < 4.78 is 27.4. The van der Waals surface area contributed by atoms with Gasteiger partial charge >= 0.3 is 0 Å². The van der Waals surface area contributed by atoms with Gasteiger partial charge in [-0.3, -0.25) is 4.79 Å². The van der Waals surface area contributed by atoms with Crippen molar-refractivity contribution in [3.05, 3.63) is 72.3 Å². The largest absolute Gasteiger partial charge is 0.365 e. The summed E-state index contributed by atoms with van der Waals surface area (Å²) in [4.78, 5) is 13.4. The topological polar surface area (TPSA) is 108 Å². The number of nitrogens with zero attached hydrogens (tertiary/aromatic N) is 4. The Morgan fingerprint density at radius 3 is 2.21 bits per heavy atom. The number of hydrogen-bond donors (Lipinski definition) is 2. The highest BCUT2D eigenvalue weighted by Crippen LogP contribution is 2.22. The number of carbonyl (C=O) groups excluding carboxylic acids is 1. The van der Waals surface area contributed by atoms with Crippen LogP contribution in [0.1, 0.15) is 12.5 Å². The first-order chi connectivity index (χ1) is 15.9. The van der Waals surface area contributed by atoms with Crippen LogP contribution in [0.15, 0.2) is 71.6 Å². The van der Waals surface area contributed by atoms with Gasteiger partial charge in [0, 0.05) is 45.3 Å². The number of benzene rings is 2. The Hall–Kier alpha value is -3.50. The van der Waals surface area contributed by atoms with E-state index >= 15 is 0 Å². The van der Waals surface area contributed by atoms with Crippen LogP contribution < -0.4 is 15.5 Å². The van der Waals surface area contributed by atoms with Gasteiger partial charge in [-0.2, -0.15) is 4.31 Å². The van der Waals surface area contributed by atoms with Gasteiger partial charge in [0.05, 0.1) is 4.90 Å². The van der Waals surface area contributed by atoms with E-state index in [0.717, 1.165) is 11.4 Å². The van der Waals surface area contributed by atoms with E-state index in [2.05, 4.69) is 20.8 Å². The maximum atomic E-state index is 13.0. The van der Waals surface area contributed by atoms with Crippen LogP contribution in [0.3, 0.4) is 0 Å². The van der Waals surface area contributed by atoms with Gasteiger partial charge in [-0.1, -0.05) is 30.3 Å². The van der Waals surface area contributed by atoms with E-state index in [9.17, 15) is 13.2 Å². The maximum absolute atomic E-state index is 13.0. The molecule has 0 saturated carbocycles. The first-order valence-corrected chi connectivity index (χ1v) is 12.1. The van der Waals surface area contributed by atoms with Gasteiger partial charge in [0.25, 0.3) is 0 Å². The predicted octanol–water partition coefficient (Wildman–Crippen LogP) is 2.56. The number of rotatable bonds is 7. The summed E-state index contributed by atoms with van der Waals surface area (Å²) in [5.74, 6) is 1.20. The molecule has 3 aromatic rings. The number of carbonyl (C=O) groups is 1. The molecule has 2 heterocycles. The van der Waals surface area contributed by atoms with Crippen molar-refractivity contribution in [1.82, 2.24) is 14.5 Å². The highest BCUT2D eigenvalue weighted by Gasteiger charge is 2.29. The molecule has 0 atom stereocenters. The van der Waals surface area contributed by atoms with Crippen molar-refractivity contribution in [2.45, 2.75) is 18.4 Å². The van der Waals surface area contributed by atoms with Crippen LogP contribution in [-0.2, 0) is 21.4 Å². The second-order valence-corrected chi connectivity index (χ2v) is 9.65. The molecule has 1 aromatic heterocycles. The van der Waals surface area contributed by atoms with Crippen LogP contribution >= 0.6 is 0 Å². The Bertz CT molecular complexity index is 1180. The van der Waals surface area contributed by atoms with Gasteiger partial charge < -0.3 is 15.5 Å². The van der Waals surface area contributed by atoms with E-state index in [4.69, 9.17) is 0 Å². The van der Waals surface area contributed by atoms with Crippen molar-refractivity contribution in [1.29, 1.82) is 0 Å². The molecule has 1 aliphatic heterocycles. The van der Waals surface area contributed by atoms with Crippen molar-refractivity contribution >= 4 is 33.3 Å². The molecule has 33 heavy (non-hydrogen) atoms. The molecule has 2 aromatic carbocycles. The second kappa shape index (κ2) is 9.97. The SMILES string of the molecule is CC(=O)Nc1ccc(S(=O)(=O)N2CCN(c3ccc(NCc4ccccc4)nn3)CC2)cc1. The van der Waals surface area contributed by atoms with Gasteiger partial charge in [0.2, 0.25) is 15.9 Å². The summed E-state index contributed by atoms with van der Waals surface area (Å²) in [6.07, 6.45) is 0. The number of amides is 1. The van der Waals surface area contributed by atoms with Crippen LogP contribution in [0.2, 0.25) is 0 Å². The van der Waals surface area contributed by atoms with Gasteiger partial charge in [0.15, 0.2) is 5.82 Å². The number of anilines is 3. The van der Waals surface area contributed by atoms with Gasteiger partial charge in [-0.15, -0.1) is 10.2 Å². The average molecular weight is 467 g/mol. The van der Waals surface area contributed by atoms with Crippen LogP contribution in [0.5, 0.6) is 0 Å². The third kappa shape index (κ3) is 5.65. The van der Waals surface area contributed by atoms with Gasteiger partial charge in [-0.25, -0.2) is 8.42 Å². The minimum Gasteiger partial charge on any atom is -0.365 e. The summed E-state index contributed by atoms with van der Waals surface area (Å²) >= 11 is 0. The standard InChI is InChI=1S/C23H26N6O3S/c1-18(30)25-20-7-9-21(10-8-20)33(31,32)29-15-13-28(14-16-29)23-12-11-22(26-27-23)24-17-19-5-3-2-4-6-19/h2-12H,13-17H2,1H3,(H,24,26)(H,25,30). The molecule has 0 radical (unpaired) electrons. The molecule has 0 spiro atoms. The molecular weight excluding hydrogens is 440 g/mol. The molecule has 0 unspecified atom stereocenters. The summed E-state index contributed by atoms with van der Waals surface area (Å²) in [7, 11) is -3.61. The number of nitrogens with one attached hydrogen (secondary N) is 2. The van der Waals surface area contributed by atoms with Crippen LogP contribution in [0.4, 0.5) is 17.3 Å². The Labute approximate surface area is 193 Å². The van der Waals surface area contributed by atoms with E-state index < -0.39 is 10.0 Å². The number of aromatic nitrogens is 2. The van der Waals surface area contributed by atoms with E-state index in [1.54, 1.807) is 12.1 Å². The Kier molecular flexibility index (Phi) is 6.85. The predicted molar refractivity (Wildman–Crippen MR) is 128 cm³/mol. The van der Waals surface area contributed by atoms with Crippen LogP contribution in [-0.4, -0.2) is 55.0 Å². The van der Waals surface area contributed by atoms with Crippen molar-refractivity contribution in [3.8, 4) is 0 Å². The number of sulfonamides is 1. The molecule has 1 fully saturated rings. The van der Waals surface area contributed by atoms with Crippen molar-refractivity contribution in [3.63, 3.8) is 0 Å². The normalized spacial score (nSPS) is 14.6. The fourth-order valence-electron chi connectivity index (χ4n) is 3.60. The molecule has 10 heteroatoms. The van der Waals surface area contributed by atoms with Gasteiger partial charge in [-0.05, 0) is 42.0 Å². The monoisotopic (exact) mass is 466 g/mol. The average Bonchev–Trinajstić information content (AvgIpc) is 2.84. The third-order valence-electron chi connectivity index (χ3n) is 5.34. The van der Waals surface area contributed by atoms with Crippen molar-refractivity contribution in [2.24, 2.45) is 0 Å². The molecule has 0 bridgehead atoms. The lowest BCUT2D eigenvalue weighted by Crippen LogP contribution is -2.49. The minimum atomic E-state index is -3.61. The molecule has 172 valence electrons. The highest BCUT2D eigenvalue weighted by molar-refractivity contribution is 7.89. The smallest absolute Gasteiger partial charge is 0.243 e. The summed E-state index contributed by atoms with van der Waals surface area (Å²) in [5.41, 5.74) is 1.72. The lowest BCUT2D eigenvalue weighted by Gasteiger charge is -2.34. The zero-order valence-corrected chi connectivity index (χ0v) is 19.1.